The van der Waals surface area contributed by atoms with E-state index in [4.69, 9.17) is 0 Å². The molecule has 1 amide bonds. The van der Waals surface area contributed by atoms with E-state index in [1.165, 1.54) is 33.6 Å². The van der Waals surface area contributed by atoms with Crippen molar-refractivity contribution in [3.63, 3.8) is 0 Å². The molecule has 2 fully saturated rings. The summed E-state index contributed by atoms with van der Waals surface area (Å²) in [6.07, 6.45) is 8.40. The van der Waals surface area contributed by atoms with E-state index in [2.05, 4.69) is 58.1 Å². The molecule has 1 aliphatic heterocycles. The van der Waals surface area contributed by atoms with Gasteiger partial charge >= 0.3 is 0 Å². The number of anilines is 1. The highest BCUT2D eigenvalue weighted by Gasteiger charge is 2.35. The van der Waals surface area contributed by atoms with E-state index in [-0.39, 0.29) is 0 Å². The molecule has 1 aromatic heterocycles. The Morgan fingerprint density at radius 2 is 1.82 bits per heavy atom. The number of nitrogens with zero attached hydrogens (tertiary/aromatic N) is 3. The molecule has 1 aromatic carbocycles. The van der Waals surface area contributed by atoms with Crippen LogP contribution in [-0.4, -0.2) is 42.0 Å². The molecule has 0 spiro atoms. The molecule has 28 heavy (non-hydrogen) atoms. The minimum atomic E-state index is 0.321. The predicted molar refractivity (Wildman–Crippen MR) is 113 cm³/mol. The molecule has 1 saturated carbocycles. The molecule has 4 heteroatoms. The van der Waals surface area contributed by atoms with Gasteiger partial charge in [-0.25, -0.2) is 0 Å². The van der Waals surface area contributed by atoms with Crippen molar-refractivity contribution in [3.8, 4) is 0 Å². The lowest BCUT2D eigenvalue weighted by Crippen LogP contribution is -2.49. The van der Waals surface area contributed by atoms with Crippen molar-refractivity contribution in [3.05, 3.63) is 58.9 Å². The summed E-state index contributed by atoms with van der Waals surface area (Å²) < 4.78 is 0. The van der Waals surface area contributed by atoms with Crippen molar-refractivity contribution in [2.24, 2.45) is 5.92 Å². The first-order valence-electron chi connectivity index (χ1n) is 10.5. The van der Waals surface area contributed by atoms with Gasteiger partial charge in [-0.1, -0.05) is 31.2 Å². The van der Waals surface area contributed by atoms with E-state index in [9.17, 15) is 4.79 Å². The summed E-state index contributed by atoms with van der Waals surface area (Å²) in [5, 5.41) is 0. The van der Waals surface area contributed by atoms with Crippen LogP contribution in [0.1, 0.15) is 42.1 Å². The maximum Gasteiger partial charge on any atom is 0.225 e. The first-order chi connectivity index (χ1) is 13.7. The summed E-state index contributed by atoms with van der Waals surface area (Å²) in [5.74, 6) is 0.693. The van der Waals surface area contributed by atoms with Crippen molar-refractivity contribution < 1.29 is 4.79 Å². The van der Waals surface area contributed by atoms with E-state index in [1.54, 1.807) is 0 Å². The van der Waals surface area contributed by atoms with Crippen LogP contribution in [0.5, 0.6) is 0 Å². The van der Waals surface area contributed by atoms with Crippen molar-refractivity contribution in [2.45, 2.75) is 32.6 Å². The molecule has 3 aliphatic rings. The van der Waals surface area contributed by atoms with Gasteiger partial charge in [-0.15, -0.1) is 0 Å². The van der Waals surface area contributed by atoms with Crippen LogP contribution in [0.25, 0.3) is 11.6 Å². The number of aromatic nitrogens is 1. The van der Waals surface area contributed by atoms with Crippen molar-refractivity contribution in [1.82, 2.24) is 9.88 Å². The minimum absolute atomic E-state index is 0.321. The van der Waals surface area contributed by atoms with Gasteiger partial charge in [0.05, 0.1) is 5.69 Å². The van der Waals surface area contributed by atoms with Gasteiger partial charge in [-0.05, 0) is 48.1 Å². The number of amides is 1. The minimum Gasteiger partial charge on any atom is -0.367 e. The Kier molecular flexibility index (Phi) is 4.42. The van der Waals surface area contributed by atoms with Gasteiger partial charge in [-0.3, -0.25) is 9.78 Å². The topological polar surface area (TPSA) is 36.4 Å². The number of piperazine rings is 1. The van der Waals surface area contributed by atoms with Gasteiger partial charge in [0.25, 0.3) is 0 Å². The maximum absolute atomic E-state index is 12.3. The molecule has 0 bridgehead atoms. The predicted octanol–water partition coefficient (Wildman–Crippen LogP) is 3.80. The number of hydrogen-bond acceptors (Lipinski definition) is 3. The Morgan fingerprint density at radius 1 is 1.07 bits per heavy atom. The zero-order valence-corrected chi connectivity index (χ0v) is 16.5. The Hall–Kier alpha value is -2.62. The molecule has 2 heterocycles. The van der Waals surface area contributed by atoms with Crippen LogP contribution in [0.4, 0.5) is 5.69 Å². The van der Waals surface area contributed by atoms with Crippen LogP contribution in [0.15, 0.2) is 36.5 Å². The standard InChI is InChI=1S/C24H27N3O/c1-2-17-3-5-18(6-4-17)20-15-21-22(16-20)25-10-9-23(21)26-11-13-27(14-12-26)24(28)19-7-8-19/h3-6,9-10,15,19H,2,7-8,11-14,16H2,1H3. The molecular formula is C24H27N3O. The summed E-state index contributed by atoms with van der Waals surface area (Å²) in [6.45, 7) is 5.67. The van der Waals surface area contributed by atoms with E-state index >= 15 is 0 Å². The summed E-state index contributed by atoms with van der Waals surface area (Å²) in [6, 6.07) is 11.1. The highest BCUT2D eigenvalue weighted by atomic mass is 16.2. The van der Waals surface area contributed by atoms with E-state index < -0.39 is 0 Å². The fourth-order valence-electron chi connectivity index (χ4n) is 4.38. The third-order valence-electron chi connectivity index (χ3n) is 6.32. The smallest absolute Gasteiger partial charge is 0.225 e. The molecule has 2 aliphatic carbocycles. The van der Waals surface area contributed by atoms with Crippen molar-refractivity contribution in [1.29, 1.82) is 0 Å². The average Bonchev–Trinajstić information content (AvgIpc) is 3.51. The third kappa shape index (κ3) is 3.21. The second-order valence-electron chi connectivity index (χ2n) is 8.17. The quantitative estimate of drug-likeness (QED) is 0.818. The molecule has 5 rings (SSSR count). The Balaban J connectivity index is 1.35. The van der Waals surface area contributed by atoms with Crippen LogP contribution in [0, 0.1) is 5.92 Å². The molecule has 0 N–H and O–H groups in total. The summed E-state index contributed by atoms with van der Waals surface area (Å²) in [5.41, 5.74) is 7.71. The van der Waals surface area contributed by atoms with Gasteiger partial charge < -0.3 is 9.80 Å². The number of aryl methyl sites for hydroxylation is 1. The highest BCUT2D eigenvalue weighted by molar-refractivity contribution is 5.92. The monoisotopic (exact) mass is 373 g/mol. The van der Waals surface area contributed by atoms with E-state index in [0.717, 1.165) is 51.9 Å². The number of benzene rings is 1. The molecule has 2 aromatic rings. The maximum atomic E-state index is 12.3. The summed E-state index contributed by atoms with van der Waals surface area (Å²) in [7, 11) is 0. The normalized spacial score (nSPS) is 18.8. The van der Waals surface area contributed by atoms with Gasteiger partial charge in [0, 0.05) is 56.0 Å². The molecule has 0 atom stereocenters. The first kappa shape index (κ1) is 17.5. The van der Waals surface area contributed by atoms with Crippen LogP contribution in [0.2, 0.25) is 0 Å². The number of carbonyl (C=O) groups is 1. The average molecular weight is 374 g/mol. The van der Waals surface area contributed by atoms with Gasteiger partial charge in [0.2, 0.25) is 5.91 Å². The number of fused-ring (bicyclic) bond motifs is 1. The largest absolute Gasteiger partial charge is 0.367 e. The van der Waals surface area contributed by atoms with E-state index in [0.29, 0.717) is 11.8 Å². The lowest BCUT2D eigenvalue weighted by Gasteiger charge is -2.37. The zero-order valence-electron chi connectivity index (χ0n) is 16.5. The summed E-state index contributed by atoms with van der Waals surface area (Å²) >= 11 is 0. The number of rotatable bonds is 4. The number of hydrogen-bond donors (Lipinski definition) is 0. The second-order valence-corrected chi connectivity index (χ2v) is 8.17. The molecule has 1 saturated heterocycles. The van der Waals surface area contributed by atoms with E-state index in [1.807, 2.05) is 6.20 Å². The van der Waals surface area contributed by atoms with Crippen molar-refractivity contribution in [2.75, 3.05) is 31.1 Å². The first-order valence-corrected chi connectivity index (χ1v) is 10.5. The lowest BCUT2D eigenvalue weighted by atomic mass is 10.0. The lowest BCUT2D eigenvalue weighted by molar-refractivity contribution is -0.132. The number of carbonyl (C=O) groups excluding carboxylic acids is 1. The van der Waals surface area contributed by atoms with Gasteiger partial charge in [-0.2, -0.15) is 0 Å². The highest BCUT2D eigenvalue weighted by Crippen LogP contribution is 2.37. The van der Waals surface area contributed by atoms with Crippen LogP contribution >= 0.6 is 0 Å². The second kappa shape index (κ2) is 7.08. The Labute approximate surface area is 166 Å². The van der Waals surface area contributed by atoms with Crippen LogP contribution in [0.3, 0.4) is 0 Å². The fraction of sp³-hybridized carbons (Fsp3) is 0.417. The number of allylic oxidation sites excluding steroid dienone is 1. The van der Waals surface area contributed by atoms with Crippen LogP contribution < -0.4 is 4.90 Å². The van der Waals surface area contributed by atoms with Crippen LogP contribution in [-0.2, 0) is 17.6 Å². The molecule has 0 unspecified atom stereocenters. The third-order valence-corrected chi connectivity index (χ3v) is 6.32. The number of pyridine rings is 1. The fourth-order valence-corrected chi connectivity index (χ4v) is 4.38. The zero-order chi connectivity index (χ0) is 19.1. The molecule has 144 valence electrons. The van der Waals surface area contributed by atoms with Gasteiger partial charge in [0.1, 0.15) is 0 Å². The Morgan fingerprint density at radius 3 is 2.50 bits per heavy atom. The molecular weight excluding hydrogens is 346 g/mol. The SMILES string of the molecule is CCc1ccc(C2=Cc3c(N4CCN(C(=O)C5CC5)CC4)ccnc3C2)cc1. The molecule has 4 nitrogen and oxygen atoms in total. The Bertz CT molecular complexity index is 919. The van der Waals surface area contributed by atoms with Gasteiger partial charge in [0.15, 0.2) is 0 Å². The summed E-state index contributed by atoms with van der Waals surface area (Å²) in [4.78, 5) is 21.5. The van der Waals surface area contributed by atoms with Crippen molar-refractivity contribution >= 4 is 23.2 Å². The molecule has 0 radical (unpaired) electrons.